The minimum atomic E-state index is -4.63. The Balaban J connectivity index is 1.45. The summed E-state index contributed by atoms with van der Waals surface area (Å²) in [7, 11) is 0. The summed E-state index contributed by atoms with van der Waals surface area (Å²) >= 11 is 0. The predicted octanol–water partition coefficient (Wildman–Crippen LogP) is 2.45. The second kappa shape index (κ2) is 7.72. The Hall–Kier alpha value is -1.31. The summed E-state index contributed by atoms with van der Waals surface area (Å²) in [5.74, 6) is -0.165. The van der Waals surface area contributed by atoms with Gasteiger partial charge in [-0.1, -0.05) is 12.1 Å². The fraction of sp³-hybridized carbons (Fsp3) is 0.647. The first-order valence-electron chi connectivity index (χ1n) is 8.51. The number of rotatable bonds is 4. The van der Waals surface area contributed by atoms with Gasteiger partial charge in [-0.05, 0) is 43.6 Å². The Bertz CT molecular complexity index is 507. The van der Waals surface area contributed by atoms with Crippen LogP contribution in [0.15, 0.2) is 24.3 Å². The van der Waals surface area contributed by atoms with Crippen LogP contribution >= 0.6 is 0 Å². The van der Waals surface area contributed by atoms with E-state index in [1.807, 2.05) is 0 Å². The third kappa shape index (κ3) is 5.09. The number of hydrogen-bond acceptors (Lipinski definition) is 4. The monoisotopic (exact) mass is 343 g/mol. The summed E-state index contributed by atoms with van der Waals surface area (Å²) in [5.41, 5.74) is 1.01. The molecule has 2 aliphatic heterocycles. The molecule has 0 aliphatic carbocycles. The first kappa shape index (κ1) is 17.5. The van der Waals surface area contributed by atoms with E-state index >= 15 is 0 Å². The van der Waals surface area contributed by atoms with E-state index in [4.69, 9.17) is 0 Å². The highest BCUT2D eigenvalue weighted by atomic mass is 19.4. The molecule has 24 heavy (non-hydrogen) atoms. The van der Waals surface area contributed by atoms with Crippen molar-refractivity contribution in [1.82, 2.24) is 15.1 Å². The molecule has 0 saturated carbocycles. The molecule has 7 heteroatoms. The highest BCUT2D eigenvalue weighted by Crippen LogP contribution is 2.23. The number of hydrogen-bond donors (Lipinski definition) is 1. The molecule has 2 fully saturated rings. The van der Waals surface area contributed by atoms with Crippen molar-refractivity contribution in [3.63, 3.8) is 0 Å². The second-order valence-corrected chi connectivity index (χ2v) is 6.49. The molecular formula is C17H24F3N3O. The smallest absolute Gasteiger partial charge is 0.406 e. The normalized spacial score (nSPS) is 21.8. The van der Waals surface area contributed by atoms with E-state index in [-0.39, 0.29) is 5.75 Å². The first-order valence-corrected chi connectivity index (χ1v) is 8.51. The van der Waals surface area contributed by atoms with Gasteiger partial charge in [0.15, 0.2) is 0 Å². The van der Waals surface area contributed by atoms with Gasteiger partial charge in [0.1, 0.15) is 5.75 Å². The number of piperazine rings is 1. The van der Waals surface area contributed by atoms with Crippen molar-refractivity contribution in [3.05, 3.63) is 29.8 Å². The SMILES string of the molecule is FC(F)(F)Oc1ccc(CN2CCN(C3CCNCC3)CC2)cc1. The van der Waals surface area contributed by atoms with Gasteiger partial charge in [0, 0.05) is 38.8 Å². The van der Waals surface area contributed by atoms with Crippen LogP contribution in [0.1, 0.15) is 18.4 Å². The van der Waals surface area contributed by atoms with Crippen LogP contribution in [0.2, 0.25) is 0 Å². The van der Waals surface area contributed by atoms with Crippen molar-refractivity contribution in [3.8, 4) is 5.75 Å². The van der Waals surface area contributed by atoms with Gasteiger partial charge in [0.25, 0.3) is 0 Å². The average molecular weight is 343 g/mol. The van der Waals surface area contributed by atoms with Gasteiger partial charge >= 0.3 is 6.36 Å². The summed E-state index contributed by atoms with van der Waals surface area (Å²) in [6.07, 6.45) is -2.19. The molecule has 1 aromatic rings. The lowest BCUT2D eigenvalue weighted by atomic mass is 10.0. The maximum atomic E-state index is 12.2. The van der Waals surface area contributed by atoms with E-state index in [9.17, 15) is 13.2 Å². The Kier molecular flexibility index (Phi) is 5.63. The predicted molar refractivity (Wildman–Crippen MR) is 85.9 cm³/mol. The summed E-state index contributed by atoms with van der Waals surface area (Å²) in [5, 5.41) is 3.40. The average Bonchev–Trinajstić information content (AvgIpc) is 2.57. The van der Waals surface area contributed by atoms with Gasteiger partial charge in [-0.25, -0.2) is 0 Å². The summed E-state index contributed by atoms with van der Waals surface area (Å²) < 4.78 is 40.4. The van der Waals surface area contributed by atoms with Crippen LogP contribution < -0.4 is 10.1 Å². The van der Waals surface area contributed by atoms with Crippen molar-refractivity contribution in [1.29, 1.82) is 0 Å². The molecule has 4 nitrogen and oxygen atoms in total. The van der Waals surface area contributed by atoms with E-state index in [1.54, 1.807) is 12.1 Å². The van der Waals surface area contributed by atoms with Gasteiger partial charge in [-0.3, -0.25) is 9.80 Å². The van der Waals surface area contributed by atoms with Crippen molar-refractivity contribution < 1.29 is 17.9 Å². The molecule has 0 radical (unpaired) electrons. The van der Waals surface area contributed by atoms with E-state index < -0.39 is 6.36 Å². The van der Waals surface area contributed by atoms with Crippen LogP contribution in [0.25, 0.3) is 0 Å². The van der Waals surface area contributed by atoms with E-state index in [0.717, 1.165) is 51.4 Å². The van der Waals surface area contributed by atoms with Crippen LogP contribution in [0.3, 0.4) is 0 Å². The summed E-state index contributed by atoms with van der Waals surface area (Å²) in [6.45, 7) is 7.14. The molecule has 0 atom stereocenters. The minimum Gasteiger partial charge on any atom is -0.406 e. The standard InChI is InChI=1S/C17H24F3N3O/c18-17(19,20)24-16-3-1-14(2-4-16)13-22-9-11-23(12-10-22)15-5-7-21-8-6-15/h1-4,15,21H,5-13H2. The maximum absolute atomic E-state index is 12.2. The van der Waals surface area contributed by atoms with Crippen molar-refractivity contribution in [2.75, 3.05) is 39.3 Å². The Morgan fingerprint density at radius 1 is 1.00 bits per heavy atom. The fourth-order valence-electron chi connectivity index (χ4n) is 3.51. The molecule has 1 N–H and O–H groups in total. The first-order chi connectivity index (χ1) is 11.5. The Morgan fingerprint density at radius 3 is 2.21 bits per heavy atom. The second-order valence-electron chi connectivity index (χ2n) is 6.49. The lowest BCUT2D eigenvalue weighted by molar-refractivity contribution is -0.274. The molecular weight excluding hydrogens is 319 g/mol. The Labute approximate surface area is 140 Å². The zero-order valence-corrected chi connectivity index (χ0v) is 13.7. The highest BCUT2D eigenvalue weighted by molar-refractivity contribution is 5.27. The zero-order chi connectivity index (χ0) is 17.0. The highest BCUT2D eigenvalue weighted by Gasteiger charge is 2.31. The number of ether oxygens (including phenoxy) is 1. The lowest BCUT2D eigenvalue weighted by Gasteiger charge is -2.40. The molecule has 2 aliphatic rings. The number of alkyl halides is 3. The molecule has 2 heterocycles. The fourth-order valence-corrected chi connectivity index (χ4v) is 3.51. The Morgan fingerprint density at radius 2 is 1.62 bits per heavy atom. The number of piperidine rings is 1. The molecule has 0 unspecified atom stereocenters. The molecule has 1 aromatic carbocycles. The van der Waals surface area contributed by atoms with Gasteiger partial charge in [-0.2, -0.15) is 0 Å². The third-order valence-electron chi connectivity index (χ3n) is 4.80. The molecule has 3 rings (SSSR count). The van der Waals surface area contributed by atoms with Crippen molar-refractivity contribution in [2.45, 2.75) is 31.8 Å². The van der Waals surface area contributed by atoms with Crippen LogP contribution in [0.4, 0.5) is 13.2 Å². The molecule has 0 aromatic heterocycles. The maximum Gasteiger partial charge on any atom is 0.573 e. The van der Waals surface area contributed by atoms with E-state index in [1.165, 1.54) is 25.0 Å². The number of halogens is 3. The molecule has 0 amide bonds. The van der Waals surface area contributed by atoms with E-state index in [2.05, 4.69) is 19.9 Å². The van der Waals surface area contributed by atoms with Crippen LogP contribution in [0, 0.1) is 0 Å². The number of nitrogens with one attached hydrogen (secondary N) is 1. The van der Waals surface area contributed by atoms with E-state index in [0.29, 0.717) is 6.04 Å². The molecule has 0 spiro atoms. The third-order valence-corrected chi connectivity index (χ3v) is 4.80. The quantitative estimate of drug-likeness (QED) is 0.909. The zero-order valence-electron chi connectivity index (χ0n) is 13.7. The minimum absolute atomic E-state index is 0.165. The van der Waals surface area contributed by atoms with Gasteiger partial charge in [0.2, 0.25) is 0 Å². The molecule has 2 saturated heterocycles. The van der Waals surface area contributed by atoms with Crippen LogP contribution in [-0.4, -0.2) is 61.5 Å². The van der Waals surface area contributed by atoms with Crippen LogP contribution in [0.5, 0.6) is 5.75 Å². The molecule has 0 bridgehead atoms. The number of benzene rings is 1. The largest absolute Gasteiger partial charge is 0.573 e. The van der Waals surface area contributed by atoms with Gasteiger partial charge in [-0.15, -0.1) is 13.2 Å². The van der Waals surface area contributed by atoms with Crippen molar-refractivity contribution >= 4 is 0 Å². The van der Waals surface area contributed by atoms with Gasteiger partial charge < -0.3 is 10.1 Å². The lowest BCUT2D eigenvalue weighted by Crippen LogP contribution is -2.52. The van der Waals surface area contributed by atoms with Gasteiger partial charge in [0.05, 0.1) is 0 Å². The topological polar surface area (TPSA) is 27.7 Å². The number of nitrogens with zero attached hydrogens (tertiary/aromatic N) is 2. The summed E-state index contributed by atoms with van der Waals surface area (Å²) in [6, 6.07) is 6.88. The summed E-state index contributed by atoms with van der Waals surface area (Å²) in [4.78, 5) is 4.94. The molecule has 134 valence electrons. The van der Waals surface area contributed by atoms with Crippen LogP contribution in [-0.2, 0) is 6.54 Å². The van der Waals surface area contributed by atoms with Crippen molar-refractivity contribution in [2.24, 2.45) is 0 Å².